The minimum Gasteiger partial charge on any atom is -0.497 e. The molecule has 0 aliphatic rings. The lowest BCUT2D eigenvalue weighted by molar-refractivity contribution is 0.0778. The number of carbonyl (C=O) groups excluding carboxylic acids is 1. The highest BCUT2D eigenvalue weighted by Crippen LogP contribution is 2.25. The molecule has 1 aromatic heterocycles. The molecule has 0 unspecified atom stereocenters. The van der Waals surface area contributed by atoms with Crippen LogP contribution in [0.4, 0.5) is 0 Å². The van der Waals surface area contributed by atoms with E-state index in [1.54, 1.807) is 43.5 Å². The number of aryl methyl sites for hydroxylation is 1. The van der Waals surface area contributed by atoms with E-state index in [1.165, 1.54) is 7.11 Å². The van der Waals surface area contributed by atoms with Gasteiger partial charge in [0.15, 0.2) is 0 Å². The number of ether oxygens (including phenoxy) is 2. The first-order valence-corrected chi connectivity index (χ1v) is 7.08. The van der Waals surface area contributed by atoms with Gasteiger partial charge in [0, 0.05) is 25.9 Å². The molecule has 0 spiro atoms. The molecule has 1 heterocycles. The van der Waals surface area contributed by atoms with Gasteiger partial charge in [0.1, 0.15) is 11.5 Å². The molecule has 0 fully saturated rings. The molecule has 2 rings (SSSR count). The van der Waals surface area contributed by atoms with E-state index in [0.717, 1.165) is 12.2 Å². The Morgan fingerprint density at radius 3 is 2.68 bits per heavy atom. The van der Waals surface area contributed by atoms with E-state index >= 15 is 0 Å². The Labute approximate surface area is 130 Å². The van der Waals surface area contributed by atoms with Crippen LogP contribution in [0.3, 0.4) is 0 Å². The number of methoxy groups -OCH3 is 2. The maximum absolute atomic E-state index is 12.6. The standard InChI is InChI=1S/C16H21N3O3/c1-5-19-12(8-9-17-19)11-18(2)16(20)14-7-6-13(21-3)10-15(14)22-4/h6-10H,5,11H2,1-4H3. The molecule has 6 nitrogen and oxygen atoms in total. The number of benzene rings is 1. The van der Waals surface area contributed by atoms with E-state index in [9.17, 15) is 4.79 Å². The highest BCUT2D eigenvalue weighted by atomic mass is 16.5. The van der Waals surface area contributed by atoms with Gasteiger partial charge in [-0.05, 0) is 25.1 Å². The molecule has 0 aliphatic carbocycles. The lowest BCUT2D eigenvalue weighted by Gasteiger charge is -2.19. The van der Waals surface area contributed by atoms with Crippen molar-refractivity contribution in [2.45, 2.75) is 20.0 Å². The van der Waals surface area contributed by atoms with Crippen LogP contribution in [-0.2, 0) is 13.1 Å². The smallest absolute Gasteiger partial charge is 0.257 e. The van der Waals surface area contributed by atoms with Gasteiger partial charge in [-0.15, -0.1) is 0 Å². The van der Waals surface area contributed by atoms with Crippen LogP contribution in [-0.4, -0.2) is 41.9 Å². The second kappa shape index (κ2) is 6.98. The van der Waals surface area contributed by atoms with Crippen LogP contribution in [0.5, 0.6) is 11.5 Å². The summed E-state index contributed by atoms with van der Waals surface area (Å²) in [5.74, 6) is 1.05. The zero-order valence-electron chi connectivity index (χ0n) is 13.4. The van der Waals surface area contributed by atoms with Gasteiger partial charge in [0.25, 0.3) is 5.91 Å². The molecule has 118 valence electrons. The molecule has 0 N–H and O–H groups in total. The second-order valence-electron chi connectivity index (χ2n) is 4.87. The van der Waals surface area contributed by atoms with E-state index in [-0.39, 0.29) is 5.91 Å². The van der Waals surface area contributed by atoms with Gasteiger partial charge < -0.3 is 14.4 Å². The lowest BCUT2D eigenvalue weighted by Crippen LogP contribution is -2.27. The van der Waals surface area contributed by atoms with Crippen LogP contribution in [0.2, 0.25) is 0 Å². The van der Waals surface area contributed by atoms with E-state index in [1.807, 2.05) is 17.7 Å². The molecule has 6 heteroatoms. The quantitative estimate of drug-likeness (QED) is 0.821. The van der Waals surface area contributed by atoms with Gasteiger partial charge in [-0.2, -0.15) is 5.10 Å². The van der Waals surface area contributed by atoms with Crippen molar-refractivity contribution in [3.05, 3.63) is 41.7 Å². The Morgan fingerprint density at radius 2 is 2.05 bits per heavy atom. The molecular formula is C16H21N3O3. The van der Waals surface area contributed by atoms with Crippen molar-refractivity contribution in [1.82, 2.24) is 14.7 Å². The zero-order chi connectivity index (χ0) is 16.1. The van der Waals surface area contributed by atoms with Crippen molar-refractivity contribution in [2.75, 3.05) is 21.3 Å². The van der Waals surface area contributed by atoms with Crippen LogP contribution < -0.4 is 9.47 Å². The molecule has 2 aromatic rings. The van der Waals surface area contributed by atoms with Crippen molar-refractivity contribution in [3.8, 4) is 11.5 Å². The SMILES string of the molecule is CCn1nccc1CN(C)C(=O)c1ccc(OC)cc1OC. The first kappa shape index (κ1) is 15.9. The van der Waals surface area contributed by atoms with E-state index in [0.29, 0.717) is 23.6 Å². The second-order valence-corrected chi connectivity index (χ2v) is 4.87. The minimum absolute atomic E-state index is 0.108. The summed E-state index contributed by atoms with van der Waals surface area (Å²) in [5.41, 5.74) is 1.50. The van der Waals surface area contributed by atoms with Crippen molar-refractivity contribution < 1.29 is 14.3 Å². The zero-order valence-corrected chi connectivity index (χ0v) is 13.4. The number of carbonyl (C=O) groups is 1. The summed E-state index contributed by atoms with van der Waals surface area (Å²) < 4.78 is 12.3. The maximum Gasteiger partial charge on any atom is 0.257 e. The molecule has 0 saturated heterocycles. The van der Waals surface area contributed by atoms with E-state index in [2.05, 4.69) is 5.10 Å². The third-order valence-electron chi connectivity index (χ3n) is 3.49. The predicted octanol–water partition coefficient (Wildman–Crippen LogP) is 2.19. The molecular weight excluding hydrogens is 282 g/mol. The highest BCUT2D eigenvalue weighted by Gasteiger charge is 2.18. The summed E-state index contributed by atoms with van der Waals surface area (Å²) in [6, 6.07) is 7.09. The molecule has 0 atom stereocenters. The Hall–Kier alpha value is -2.50. The monoisotopic (exact) mass is 303 g/mol. The van der Waals surface area contributed by atoms with Crippen LogP contribution in [0, 0.1) is 0 Å². The van der Waals surface area contributed by atoms with Gasteiger partial charge in [0.2, 0.25) is 0 Å². The normalized spacial score (nSPS) is 10.4. The Kier molecular flexibility index (Phi) is 5.04. The van der Waals surface area contributed by atoms with E-state index in [4.69, 9.17) is 9.47 Å². The molecule has 1 aromatic carbocycles. The number of nitrogens with zero attached hydrogens (tertiary/aromatic N) is 3. The molecule has 0 saturated carbocycles. The number of rotatable bonds is 6. The minimum atomic E-state index is -0.108. The Morgan fingerprint density at radius 1 is 1.27 bits per heavy atom. The van der Waals surface area contributed by atoms with Crippen molar-refractivity contribution in [3.63, 3.8) is 0 Å². The highest BCUT2D eigenvalue weighted by molar-refractivity contribution is 5.97. The topological polar surface area (TPSA) is 56.6 Å². The van der Waals surface area contributed by atoms with Crippen molar-refractivity contribution >= 4 is 5.91 Å². The van der Waals surface area contributed by atoms with Crippen LogP contribution in [0.25, 0.3) is 0 Å². The number of hydrogen-bond donors (Lipinski definition) is 0. The summed E-state index contributed by atoms with van der Waals surface area (Å²) >= 11 is 0. The van der Waals surface area contributed by atoms with Gasteiger partial charge in [-0.25, -0.2) is 0 Å². The fourth-order valence-electron chi connectivity index (χ4n) is 2.27. The fourth-order valence-corrected chi connectivity index (χ4v) is 2.27. The third kappa shape index (κ3) is 3.21. The third-order valence-corrected chi connectivity index (χ3v) is 3.49. The molecule has 0 radical (unpaired) electrons. The first-order chi connectivity index (χ1) is 10.6. The Balaban J connectivity index is 2.20. The summed E-state index contributed by atoms with van der Waals surface area (Å²) in [5, 5.41) is 4.21. The molecule has 22 heavy (non-hydrogen) atoms. The van der Waals surface area contributed by atoms with Crippen molar-refractivity contribution in [2.24, 2.45) is 0 Å². The van der Waals surface area contributed by atoms with Crippen LogP contribution in [0.1, 0.15) is 23.0 Å². The molecule has 0 aliphatic heterocycles. The number of aromatic nitrogens is 2. The Bertz CT molecular complexity index is 652. The summed E-state index contributed by atoms with van der Waals surface area (Å²) in [7, 11) is 4.88. The van der Waals surface area contributed by atoms with Gasteiger partial charge in [-0.3, -0.25) is 9.48 Å². The van der Waals surface area contributed by atoms with Crippen LogP contribution >= 0.6 is 0 Å². The fraction of sp³-hybridized carbons (Fsp3) is 0.375. The average Bonchev–Trinajstić information content (AvgIpc) is 3.00. The predicted molar refractivity (Wildman–Crippen MR) is 83.2 cm³/mol. The number of hydrogen-bond acceptors (Lipinski definition) is 4. The van der Waals surface area contributed by atoms with Gasteiger partial charge >= 0.3 is 0 Å². The summed E-state index contributed by atoms with van der Waals surface area (Å²) in [6.45, 7) is 3.28. The summed E-state index contributed by atoms with van der Waals surface area (Å²) in [6.07, 6.45) is 1.74. The average molecular weight is 303 g/mol. The maximum atomic E-state index is 12.6. The largest absolute Gasteiger partial charge is 0.497 e. The number of amides is 1. The van der Waals surface area contributed by atoms with Gasteiger partial charge in [-0.1, -0.05) is 0 Å². The molecule has 0 bridgehead atoms. The van der Waals surface area contributed by atoms with E-state index < -0.39 is 0 Å². The van der Waals surface area contributed by atoms with Crippen molar-refractivity contribution in [1.29, 1.82) is 0 Å². The summed E-state index contributed by atoms with van der Waals surface area (Å²) in [4.78, 5) is 14.3. The first-order valence-electron chi connectivity index (χ1n) is 7.08. The van der Waals surface area contributed by atoms with Crippen LogP contribution in [0.15, 0.2) is 30.5 Å². The molecule has 1 amide bonds. The lowest BCUT2D eigenvalue weighted by atomic mass is 10.1. The van der Waals surface area contributed by atoms with Gasteiger partial charge in [0.05, 0.1) is 32.0 Å².